The maximum Gasteiger partial charge on any atom is 0.269 e. The van der Waals surface area contributed by atoms with E-state index >= 15 is 0 Å². The molecule has 2 N–H and O–H groups in total. The topological polar surface area (TPSA) is 72.4 Å². The Morgan fingerprint density at radius 2 is 2.12 bits per heavy atom. The molecule has 0 radical (unpaired) electrons. The van der Waals surface area contributed by atoms with Crippen molar-refractivity contribution in [2.45, 2.75) is 19.0 Å². The van der Waals surface area contributed by atoms with Crippen LogP contribution in [0.3, 0.4) is 0 Å². The fourth-order valence-corrected chi connectivity index (χ4v) is 1.35. The van der Waals surface area contributed by atoms with E-state index < -0.39 is 10.6 Å². The van der Waals surface area contributed by atoms with Crippen molar-refractivity contribution in [3.8, 4) is 0 Å². The summed E-state index contributed by atoms with van der Waals surface area (Å²) in [5.41, 5.74) is 6.54. The van der Waals surface area contributed by atoms with Crippen LogP contribution in [0, 0.1) is 10.1 Å². The van der Waals surface area contributed by atoms with Gasteiger partial charge in [0.2, 0.25) is 0 Å². The second-order valence-corrected chi connectivity index (χ2v) is 4.36. The van der Waals surface area contributed by atoms with Crippen molar-refractivity contribution in [3.63, 3.8) is 0 Å². The minimum atomic E-state index is -0.505. The van der Waals surface area contributed by atoms with Crippen LogP contribution in [0.5, 0.6) is 0 Å². The molecule has 5 nitrogen and oxygen atoms in total. The van der Waals surface area contributed by atoms with Crippen LogP contribution in [0.25, 0.3) is 0 Å². The van der Waals surface area contributed by atoms with Crippen molar-refractivity contribution in [2.75, 3.05) is 14.1 Å². The third-order valence-corrected chi connectivity index (χ3v) is 2.71. The molecule has 0 saturated heterocycles. The molecule has 1 unspecified atom stereocenters. The fraction of sp³-hybridized carbons (Fsp3) is 0.455. The first kappa shape index (κ1) is 12.6. The summed E-state index contributed by atoms with van der Waals surface area (Å²) < 4.78 is 0. The quantitative estimate of drug-likeness (QED) is 0.475. The Morgan fingerprint density at radius 1 is 1.50 bits per heavy atom. The third-order valence-electron chi connectivity index (χ3n) is 2.71. The van der Waals surface area contributed by atoms with Gasteiger partial charge in [0, 0.05) is 18.6 Å². The summed E-state index contributed by atoms with van der Waals surface area (Å²) in [6.45, 7) is 1.89. The van der Waals surface area contributed by atoms with Crippen LogP contribution < -0.4 is 5.73 Å². The number of benzene rings is 1. The second-order valence-electron chi connectivity index (χ2n) is 4.36. The normalized spacial score (nSPS) is 14.8. The van der Waals surface area contributed by atoms with Crippen LogP contribution in [-0.4, -0.2) is 29.6 Å². The lowest BCUT2D eigenvalue weighted by Gasteiger charge is -2.32. The Balaban J connectivity index is 2.90. The summed E-state index contributed by atoms with van der Waals surface area (Å²) in [7, 11) is 3.77. The molecule has 1 rings (SSSR count). The van der Waals surface area contributed by atoms with E-state index in [4.69, 9.17) is 5.73 Å². The predicted octanol–water partition coefficient (Wildman–Crippen LogP) is 1.37. The summed E-state index contributed by atoms with van der Waals surface area (Å²) >= 11 is 0. The zero-order valence-electron chi connectivity index (χ0n) is 9.80. The molecule has 0 heterocycles. The van der Waals surface area contributed by atoms with Gasteiger partial charge >= 0.3 is 0 Å². The number of nitrogens with two attached hydrogens (primary N) is 1. The zero-order chi connectivity index (χ0) is 12.3. The predicted molar refractivity (Wildman–Crippen MR) is 63.1 cm³/mol. The van der Waals surface area contributed by atoms with Crippen molar-refractivity contribution in [2.24, 2.45) is 5.73 Å². The van der Waals surface area contributed by atoms with E-state index in [1.807, 2.05) is 32.0 Å². The zero-order valence-corrected chi connectivity index (χ0v) is 9.80. The minimum Gasteiger partial charge on any atom is -0.313 e. The van der Waals surface area contributed by atoms with Crippen LogP contribution >= 0.6 is 0 Å². The average Bonchev–Trinajstić information content (AvgIpc) is 2.17. The Labute approximate surface area is 95.0 Å². The third kappa shape index (κ3) is 3.01. The molecule has 0 aliphatic carbocycles. The minimum absolute atomic E-state index is 0.104. The Kier molecular flexibility index (Phi) is 3.62. The van der Waals surface area contributed by atoms with Crippen molar-refractivity contribution < 1.29 is 4.92 Å². The highest BCUT2D eigenvalue weighted by molar-refractivity contribution is 5.34. The molecule has 0 spiro atoms. The number of hydrogen-bond acceptors (Lipinski definition) is 4. The molecule has 1 aromatic rings. The largest absolute Gasteiger partial charge is 0.313 e. The number of likely N-dealkylation sites (N-methyl/N-ethyl adjacent to an activating group) is 1. The summed E-state index contributed by atoms with van der Waals surface area (Å²) in [5, 5.41) is 10.6. The molecule has 1 atom stereocenters. The lowest BCUT2D eigenvalue weighted by Crippen LogP contribution is -2.51. The Bertz CT molecular complexity index is 389. The van der Waals surface area contributed by atoms with Gasteiger partial charge in [0.25, 0.3) is 5.69 Å². The molecule has 1 aromatic carbocycles. The van der Waals surface area contributed by atoms with Crippen molar-refractivity contribution in [1.29, 1.82) is 0 Å². The smallest absolute Gasteiger partial charge is 0.269 e. The number of non-ortho nitro benzene ring substituents is 1. The van der Waals surface area contributed by atoms with Crippen molar-refractivity contribution in [3.05, 3.63) is 39.9 Å². The van der Waals surface area contributed by atoms with Crippen LogP contribution in [-0.2, 0) is 6.42 Å². The lowest BCUT2D eigenvalue weighted by molar-refractivity contribution is -0.384. The summed E-state index contributed by atoms with van der Waals surface area (Å²) in [5.74, 6) is 0. The van der Waals surface area contributed by atoms with Gasteiger partial charge in [-0.15, -0.1) is 0 Å². The number of nitrogens with zero attached hydrogens (tertiary/aromatic N) is 2. The highest BCUT2D eigenvalue weighted by Crippen LogP contribution is 2.18. The molecule has 88 valence electrons. The number of nitro benzene ring substituents is 1. The highest BCUT2D eigenvalue weighted by Gasteiger charge is 2.22. The molecule has 0 amide bonds. The summed E-state index contributed by atoms with van der Waals surface area (Å²) in [6, 6.07) is 6.57. The highest BCUT2D eigenvalue weighted by atomic mass is 16.6. The second kappa shape index (κ2) is 4.59. The molecule has 16 heavy (non-hydrogen) atoms. The molecule has 0 fully saturated rings. The first-order valence-electron chi connectivity index (χ1n) is 5.02. The Morgan fingerprint density at radius 3 is 2.62 bits per heavy atom. The standard InChI is InChI=1S/C11H17N3O2/c1-11(12,13(2)3)8-9-5-4-6-10(7-9)14(15)16/h4-7H,8,12H2,1-3H3. The van der Waals surface area contributed by atoms with Crippen molar-refractivity contribution in [1.82, 2.24) is 4.90 Å². The first-order valence-corrected chi connectivity index (χ1v) is 5.02. The maximum atomic E-state index is 10.6. The van der Waals surface area contributed by atoms with Gasteiger partial charge in [0.05, 0.1) is 10.6 Å². The molecule has 5 heteroatoms. The van der Waals surface area contributed by atoms with Crippen molar-refractivity contribution >= 4 is 5.69 Å². The van der Waals surface area contributed by atoms with Gasteiger partial charge in [0.1, 0.15) is 0 Å². The van der Waals surface area contributed by atoms with Gasteiger partial charge in [-0.25, -0.2) is 0 Å². The van der Waals surface area contributed by atoms with E-state index in [0.717, 1.165) is 5.56 Å². The Hall–Kier alpha value is -1.46. The van der Waals surface area contributed by atoms with E-state index in [0.29, 0.717) is 6.42 Å². The van der Waals surface area contributed by atoms with E-state index in [9.17, 15) is 10.1 Å². The maximum absolute atomic E-state index is 10.6. The molecular weight excluding hydrogens is 206 g/mol. The number of rotatable bonds is 4. The van der Waals surface area contributed by atoms with Gasteiger partial charge in [-0.05, 0) is 26.6 Å². The van der Waals surface area contributed by atoms with Gasteiger partial charge in [-0.1, -0.05) is 12.1 Å². The first-order chi connectivity index (χ1) is 7.33. The fourth-order valence-electron chi connectivity index (χ4n) is 1.35. The molecule has 0 bridgehead atoms. The SMILES string of the molecule is CN(C)C(C)(N)Cc1cccc([N+](=O)[O-])c1. The van der Waals surface area contributed by atoms with Crippen LogP contribution in [0.4, 0.5) is 5.69 Å². The van der Waals surface area contributed by atoms with Gasteiger partial charge in [0.15, 0.2) is 0 Å². The van der Waals surface area contributed by atoms with Gasteiger partial charge < -0.3 is 5.73 Å². The van der Waals surface area contributed by atoms with Crippen LogP contribution in [0.1, 0.15) is 12.5 Å². The molecule has 0 aliphatic heterocycles. The molecule has 0 saturated carbocycles. The van der Waals surface area contributed by atoms with Gasteiger partial charge in [-0.2, -0.15) is 0 Å². The van der Waals surface area contributed by atoms with Crippen LogP contribution in [0.2, 0.25) is 0 Å². The van der Waals surface area contributed by atoms with E-state index in [2.05, 4.69) is 0 Å². The summed E-state index contributed by atoms with van der Waals surface area (Å²) in [4.78, 5) is 12.1. The number of hydrogen-bond donors (Lipinski definition) is 1. The van der Waals surface area contributed by atoms with Gasteiger partial charge in [-0.3, -0.25) is 15.0 Å². The lowest BCUT2D eigenvalue weighted by atomic mass is 10.0. The molecular formula is C11H17N3O2. The molecule has 0 aromatic heterocycles. The van der Waals surface area contributed by atoms with Crippen LogP contribution in [0.15, 0.2) is 24.3 Å². The van der Waals surface area contributed by atoms with E-state index in [-0.39, 0.29) is 5.69 Å². The number of nitro groups is 1. The van der Waals surface area contributed by atoms with E-state index in [1.54, 1.807) is 12.1 Å². The molecule has 0 aliphatic rings. The monoisotopic (exact) mass is 223 g/mol. The van der Waals surface area contributed by atoms with E-state index in [1.165, 1.54) is 6.07 Å². The average molecular weight is 223 g/mol. The summed E-state index contributed by atoms with van der Waals surface area (Å²) in [6.07, 6.45) is 0.571.